The second kappa shape index (κ2) is 6.35. The second-order valence-electron chi connectivity index (χ2n) is 4.22. The van der Waals surface area contributed by atoms with Gasteiger partial charge < -0.3 is 10.4 Å². The summed E-state index contributed by atoms with van der Waals surface area (Å²) in [4.78, 5) is 26.3. The van der Waals surface area contributed by atoms with Crippen LogP contribution in [0.1, 0.15) is 29.4 Å². The zero-order chi connectivity index (χ0) is 13.7. The number of hydrogen-bond donors (Lipinski definition) is 2. The van der Waals surface area contributed by atoms with Crippen LogP contribution in [-0.4, -0.2) is 28.5 Å². The molecule has 0 saturated heterocycles. The lowest BCUT2D eigenvalue weighted by molar-refractivity contribution is -0.137. The molecule has 1 aromatic rings. The molecule has 0 aliphatic heterocycles. The van der Waals surface area contributed by atoms with E-state index in [9.17, 15) is 9.59 Å². The maximum atomic E-state index is 11.8. The lowest BCUT2D eigenvalue weighted by atomic mass is 10.1. The number of aliphatic carboxylic acids is 1. The fraction of sp³-hybridized carbons (Fsp3) is 0.417. The van der Waals surface area contributed by atoms with Crippen molar-refractivity contribution in [2.45, 2.75) is 20.3 Å². The van der Waals surface area contributed by atoms with E-state index < -0.39 is 5.97 Å². The molecule has 6 heteroatoms. The summed E-state index contributed by atoms with van der Waals surface area (Å²) in [5, 5.41) is 11.6. The van der Waals surface area contributed by atoms with Crippen molar-refractivity contribution in [2.75, 3.05) is 6.54 Å². The van der Waals surface area contributed by atoms with E-state index in [2.05, 4.69) is 10.3 Å². The molecule has 1 aromatic heterocycles. The number of carbonyl (C=O) groups excluding carboxylic acids is 1. The first kappa shape index (κ1) is 14.4. The lowest BCUT2D eigenvalue weighted by Gasteiger charge is -2.11. The molecule has 1 rings (SSSR count). The molecule has 0 aliphatic carbocycles. The number of carbonyl (C=O) groups is 2. The number of amides is 1. The molecule has 98 valence electrons. The molecule has 5 nitrogen and oxygen atoms in total. The van der Waals surface area contributed by atoms with Crippen molar-refractivity contribution >= 4 is 23.5 Å². The van der Waals surface area contributed by atoms with Crippen LogP contribution in [0, 0.1) is 12.8 Å². The first-order valence-electron chi connectivity index (χ1n) is 5.52. The summed E-state index contributed by atoms with van der Waals surface area (Å²) in [7, 11) is 0. The quantitative estimate of drug-likeness (QED) is 0.856. The molecule has 0 fully saturated rings. The summed E-state index contributed by atoms with van der Waals surface area (Å²) in [5.74, 6) is -1.36. The second-order valence-corrected chi connectivity index (χ2v) is 4.63. The zero-order valence-corrected chi connectivity index (χ0v) is 11.0. The molecule has 0 bridgehead atoms. The van der Waals surface area contributed by atoms with Gasteiger partial charge in [0.1, 0.15) is 0 Å². The zero-order valence-electron chi connectivity index (χ0n) is 10.2. The van der Waals surface area contributed by atoms with Crippen molar-refractivity contribution in [1.29, 1.82) is 0 Å². The predicted octanol–water partition coefficient (Wildman–Crippen LogP) is 1.88. The van der Waals surface area contributed by atoms with Gasteiger partial charge in [-0.3, -0.25) is 14.6 Å². The smallest absolute Gasteiger partial charge is 0.303 e. The highest BCUT2D eigenvalue weighted by Gasteiger charge is 2.13. The fourth-order valence-corrected chi connectivity index (χ4v) is 1.72. The molecule has 0 aliphatic rings. The van der Waals surface area contributed by atoms with Crippen LogP contribution in [0.3, 0.4) is 0 Å². The van der Waals surface area contributed by atoms with Gasteiger partial charge in [-0.1, -0.05) is 18.5 Å². The highest BCUT2D eigenvalue weighted by molar-refractivity contribution is 6.33. The van der Waals surface area contributed by atoms with Crippen molar-refractivity contribution in [3.05, 3.63) is 28.5 Å². The number of nitrogens with one attached hydrogen (secondary N) is 1. The first-order valence-corrected chi connectivity index (χ1v) is 5.90. The van der Waals surface area contributed by atoms with E-state index >= 15 is 0 Å². The van der Waals surface area contributed by atoms with E-state index in [1.165, 1.54) is 6.20 Å². The molecule has 1 amide bonds. The van der Waals surface area contributed by atoms with Crippen LogP contribution >= 0.6 is 11.6 Å². The number of halogens is 1. The molecule has 2 N–H and O–H groups in total. The van der Waals surface area contributed by atoms with Gasteiger partial charge in [0, 0.05) is 24.9 Å². The highest BCUT2D eigenvalue weighted by Crippen LogP contribution is 2.15. The Hall–Kier alpha value is -1.62. The number of rotatable bonds is 5. The summed E-state index contributed by atoms with van der Waals surface area (Å²) < 4.78 is 0. The van der Waals surface area contributed by atoms with Crippen LogP contribution in [0.2, 0.25) is 5.02 Å². The van der Waals surface area contributed by atoms with Crippen LogP contribution in [-0.2, 0) is 4.79 Å². The van der Waals surface area contributed by atoms with E-state index in [-0.39, 0.29) is 24.8 Å². The minimum absolute atomic E-state index is 0.0140. The third kappa shape index (κ3) is 4.33. The molecule has 1 heterocycles. The number of aromatic nitrogens is 1. The standard InChI is InChI=1S/C12H15ClN2O3/c1-7(3-11(16)17)5-15-12(18)9-6-14-8(2)4-10(9)13/h4,6-7H,3,5H2,1-2H3,(H,15,18)(H,16,17). The number of pyridine rings is 1. The van der Waals surface area contributed by atoms with E-state index in [4.69, 9.17) is 16.7 Å². The molecule has 1 atom stereocenters. The highest BCUT2D eigenvalue weighted by atomic mass is 35.5. The van der Waals surface area contributed by atoms with Gasteiger partial charge in [0.05, 0.1) is 10.6 Å². The van der Waals surface area contributed by atoms with Crippen molar-refractivity contribution < 1.29 is 14.7 Å². The molecular formula is C12H15ClN2O3. The summed E-state index contributed by atoms with van der Waals surface area (Å²) in [6.45, 7) is 3.82. The van der Waals surface area contributed by atoms with E-state index in [1.54, 1.807) is 19.9 Å². The number of aryl methyl sites for hydroxylation is 1. The van der Waals surface area contributed by atoms with E-state index in [0.29, 0.717) is 10.6 Å². The predicted molar refractivity (Wildman–Crippen MR) is 67.7 cm³/mol. The van der Waals surface area contributed by atoms with Gasteiger partial charge in [0.25, 0.3) is 5.91 Å². The van der Waals surface area contributed by atoms with Gasteiger partial charge in [-0.15, -0.1) is 0 Å². The van der Waals surface area contributed by atoms with Crippen LogP contribution in [0.25, 0.3) is 0 Å². The Morgan fingerprint density at radius 1 is 1.56 bits per heavy atom. The van der Waals surface area contributed by atoms with Gasteiger partial charge in [-0.25, -0.2) is 0 Å². The fourth-order valence-electron chi connectivity index (χ4n) is 1.43. The van der Waals surface area contributed by atoms with Crippen molar-refractivity contribution in [3.63, 3.8) is 0 Å². The Kier molecular flexibility index (Phi) is 5.09. The third-order valence-electron chi connectivity index (χ3n) is 2.37. The summed E-state index contributed by atoms with van der Waals surface area (Å²) in [5.41, 5.74) is 1.03. The van der Waals surface area contributed by atoms with Gasteiger partial charge in [0.2, 0.25) is 0 Å². The molecule has 0 radical (unpaired) electrons. The summed E-state index contributed by atoms with van der Waals surface area (Å²) in [6, 6.07) is 1.61. The molecular weight excluding hydrogens is 256 g/mol. The van der Waals surface area contributed by atoms with Crippen LogP contribution in [0.5, 0.6) is 0 Å². The number of carboxylic acid groups (broad SMARTS) is 1. The summed E-state index contributed by atoms with van der Waals surface area (Å²) in [6.07, 6.45) is 1.43. The van der Waals surface area contributed by atoms with Crippen molar-refractivity contribution in [2.24, 2.45) is 5.92 Å². The Balaban J connectivity index is 2.58. The van der Waals surface area contributed by atoms with Gasteiger partial charge in [0.15, 0.2) is 0 Å². The number of hydrogen-bond acceptors (Lipinski definition) is 3. The van der Waals surface area contributed by atoms with Gasteiger partial charge >= 0.3 is 5.97 Å². The topological polar surface area (TPSA) is 79.3 Å². The maximum Gasteiger partial charge on any atom is 0.303 e. The van der Waals surface area contributed by atoms with Crippen LogP contribution in [0.15, 0.2) is 12.3 Å². The van der Waals surface area contributed by atoms with Crippen LogP contribution < -0.4 is 5.32 Å². The van der Waals surface area contributed by atoms with Crippen LogP contribution in [0.4, 0.5) is 0 Å². The molecule has 0 saturated carbocycles. The SMILES string of the molecule is Cc1cc(Cl)c(C(=O)NCC(C)CC(=O)O)cn1. The molecule has 0 spiro atoms. The third-order valence-corrected chi connectivity index (χ3v) is 2.68. The largest absolute Gasteiger partial charge is 0.481 e. The Morgan fingerprint density at radius 3 is 2.78 bits per heavy atom. The minimum atomic E-state index is -0.883. The average molecular weight is 271 g/mol. The van der Waals surface area contributed by atoms with E-state index in [0.717, 1.165) is 5.69 Å². The Morgan fingerprint density at radius 2 is 2.22 bits per heavy atom. The molecule has 1 unspecified atom stereocenters. The molecule has 0 aromatic carbocycles. The van der Waals surface area contributed by atoms with Crippen molar-refractivity contribution in [1.82, 2.24) is 10.3 Å². The first-order chi connectivity index (χ1) is 8.40. The average Bonchev–Trinajstić information content (AvgIpc) is 2.25. The van der Waals surface area contributed by atoms with Crippen molar-refractivity contribution in [3.8, 4) is 0 Å². The number of carboxylic acids is 1. The monoisotopic (exact) mass is 270 g/mol. The Bertz CT molecular complexity index is 463. The van der Waals surface area contributed by atoms with Gasteiger partial charge in [-0.05, 0) is 18.9 Å². The maximum absolute atomic E-state index is 11.8. The van der Waals surface area contributed by atoms with E-state index in [1.807, 2.05) is 0 Å². The normalized spacial score (nSPS) is 11.9. The molecule has 18 heavy (non-hydrogen) atoms. The van der Waals surface area contributed by atoms with Gasteiger partial charge in [-0.2, -0.15) is 0 Å². The summed E-state index contributed by atoms with van der Waals surface area (Å²) >= 11 is 5.93. The Labute approximate surface area is 110 Å². The minimum Gasteiger partial charge on any atom is -0.481 e. The lowest BCUT2D eigenvalue weighted by Crippen LogP contribution is -2.29. The number of nitrogens with zero attached hydrogens (tertiary/aromatic N) is 1.